The van der Waals surface area contributed by atoms with Crippen LogP contribution in [0.2, 0.25) is 5.02 Å². The van der Waals surface area contributed by atoms with E-state index in [1.54, 1.807) is 0 Å². The van der Waals surface area contributed by atoms with E-state index in [2.05, 4.69) is 58.8 Å². The number of aromatic nitrogens is 2. The van der Waals surface area contributed by atoms with Gasteiger partial charge in [-0.3, -0.25) is 9.69 Å². The van der Waals surface area contributed by atoms with Crippen molar-refractivity contribution in [3.63, 3.8) is 0 Å². The van der Waals surface area contributed by atoms with Crippen molar-refractivity contribution < 1.29 is 4.79 Å². The second-order valence-electron chi connectivity index (χ2n) is 7.63. The second kappa shape index (κ2) is 9.28. The minimum atomic E-state index is 0.0361. The summed E-state index contributed by atoms with van der Waals surface area (Å²) in [5, 5.41) is 8.18. The van der Waals surface area contributed by atoms with Crippen LogP contribution in [-0.2, 0) is 11.3 Å². The number of halogens is 1. The van der Waals surface area contributed by atoms with E-state index in [1.165, 1.54) is 11.1 Å². The molecule has 2 aromatic carbocycles. The third-order valence-corrected chi connectivity index (χ3v) is 5.57. The molecule has 1 aliphatic heterocycles. The molecule has 6 heteroatoms. The number of carbonyl (C=O) groups excluding carboxylic acids is 1. The van der Waals surface area contributed by atoms with Crippen LogP contribution in [0.1, 0.15) is 23.1 Å². The van der Waals surface area contributed by atoms with Gasteiger partial charge in [0.15, 0.2) is 0 Å². The first-order valence-corrected chi connectivity index (χ1v) is 10.5. The molecule has 0 saturated heterocycles. The molecule has 0 atom stereocenters. The average Bonchev–Trinajstić information content (AvgIpc) is 3.25. The predicted octanol–water partition coefficient (Wildman–Crippen LogP) is 4.24. The van der Waals surface area contributed by atoms with E-state index in [-0.39, 0.29) is 5.91 Å². The Balaban J connectivity index is 1.29. The Kier molecular flexibility index (Phi) is 6.31. The first-order valence-electron chi connectivity index (χ1n) is 10.1. The van der Waals surface area contributed by atoms with Crippen molar-refractivity contribution in [2.75, 3.05) is 19.6 Å². The molecular weight excluding hydrogens is 396 g/mol. The van der Waals surface area contributed by atoms with Crippen LogP contribution in [0.3, 0.4) is 0 Å². The Bertz CT molecular complexity index is 1040. The summed E-state index contributed by atoms with van der Waals surface area (Å²) in [5.41, 5.74) is 5.76. The van der Waals surface area contributed by atoms with Gasteiger partial charge in [0.25, 0.3) is 0 Å². The Labute approximate surface area is 182 Å². The van der Waals surface area contributed by atoms with Gasteiger partial charge in [0, 0.05) is 36.4 Å². The first kappa shape index (κ1) is 20.4. The molecule has 0 radical (unpaired) electrons. The summed E-state index contributed by atoms with van der Waals surface area (Å²) in [6, 6.07) is 15.9. The molecule has 0 fully saturated rings. The van der Waals surface area contributed by atoms with Crippen molar-refractivity contribution in [3.8, 4) is 5.69 Å². The van der Waals surface area contributed by atoms with Gasteiger partial charge >= 0.3 is 0 Å². The van der Waals surface area contributed by atoms with Crippen LogP contribution in [0.25, 0.3) is 11.3 Å². The highest BCUT2D eigenvalue weighted by atomic mass is 35.5. The summed E-state index contributed by atoms with van der Waals surface area (Å²) in [4.78, 5) is 14.4. The molecule has 3 aromatic rings. The summed E-state index contributed by atoms with van der Waals surface area (Å²) in [6.45, 7) is 4.62. The number of aryl methyl sites for hydroxylation is 1. The van der Waals surface area contributed by atoms with Crippen LogP contribution < -0.4 is 5.32 Å². The maximum Gasteiger partial charge on any atom is 0.234 e. The summed E-state index contributed by atoms with van der Waals surface area (Å²) in [6.07, 6.45) is 7.10. The molecule has 0 spiro atoms. The van der Waals surface area contributed by atoms with Gasteiger partial charge < -0.3 is 5.32 Å². The van der Waals surface area contributed by atoms with Crippen LogP contribution in [0.15, 0.2) is 67.0 Å². The lowest BCUT2D eigenvalue weighted by Crippen LogP contribution is -2.39. The van der Waals surface area contributed by atoms with Gasteiger partial charge in [-0.05, 0) is 48.7 Å². The molecule has 0 bridgehead atoms. The van der Waals surface area contributed by atoms with Crippen LogP contribution in [0.5, 0.6) is 0 Å². The fourth-order valence-electron chi connectivity index (χ4n) is 3.51. The van der Waals surface area contributed by atoms with Crippen molar-refractivity contribution in [1.82, 2.24) is 20.0 Å². The van der Waals surface area contributed by atoms with Gasteiger partial charge in [0.2, 0.25) is 5.91 Å². The summed E-state index contributed by atoms with van der Waals surface area (Å²) in [7, 11) is 0. The summed E-state index contributed by atoms with van der Waals surface area (Å²) >= 11 is 5.89. The van der Waals surface area contributed by atoms with E-state index < -0.39 is 0 Å². The lowest BCUT2D eigenvalue weighted by atomic mass is 10.0. The van der Waals surface area contributed by atoms with Gasteiger partial charge in [-0.2, -0.15) is 5.10 Å². The Morgan fingerprint density at radius 1 is 1.13 bits per heavy atom. The van der Waals surface area contributed by atoms with Gasteiger partial charge in [0.1, 0.15) is 0 Å². The van der Waals surface area contributed by atoms with Crippen LogP contribution >= 0.6 is 11.6 Å². The van der Waals surface area contributed by atoms with Gasteiger partial charge in [-0.1, -0.05) is 47.5 Å². The molecule has 1 amide bonds. The molecule has 30 heavy (non-hydrogen) atoms. The number of hydrogen-bond donors (Lipinski definition) is 1. The quantitative estimate of drug-likeness (QED) is 0.648. The zero-order valence-electron chi connectivity index (χ0n) is 17.0. The highest BCUT2D eigenvalue weighted by Gasteiger charge is 2.16. The van der Waals surface area contributed by atoms with Crippen LogP contribution in [-0.4, -0.2) is 40.2 Å². The van der Waals surface area contributed by atoms with Crippen molar-refractivity contribution in [2.24, 2.45) is 0 Å². The minimum Gasteiger partial charge on any atom is -0.351 e. The Morgan fingerprint density at radius 2 is 1.90 bits per heavy atom. The lowest BCUT2D eigenvalue weighted by molar-refractivity contribution is -0.122. The molecule has 0 saturated carbocycles. The van der Waals surface area contributed by atoms with Crippen molar-refractivity contribution in [2.45, 2.75) is 19.9 Å². The fourth-order valence-corrected chi connectivity index (χ4v) is 3.63. The Hall–Kier alpha value is -2.89. The standard InChI is InChI=1S/C24H25ClN4O/c1-18-2-8-23(9-3-18)29-16-21(15-27-29)20-10-12-28(13-11-20)17-24(30)26-14-19-4-6-22(25)7-5-19/h2-10,15-16H,11-14,17H2,1H3,(H,26,30). The highest BCUT2D eigenvalue weighted by Crippen LogP contribution is 2.23. The third-order valence-electron chi connectivity index (χ3n) is 5.32. The fraction of sp³-hybridized carbons (Fsp3) is 0.250. The maximum absolute atomic E-state index is 12.3. The van der Waals surface area contributed by atoms with E-state index in [4.69, 9.17) is 11.6 Å². The Morgan fingerprint density at radius 3 is 2.60 bits per heavy atom. The molecule has 0 unspecified atom stereocenters. The zero-order valence-corrected chi connectivity index (χ0v) is 17.8. The molecule has 0 aliphatic carbocycles. The van der Waals surface area contributed by atoms with Crippen molar-refractivity contribution in [3.05, 3.63) is 88.7 Å². The van der Waals surface area contributed by atoms with Crippen molar-refractivity contribution in [1.29, 1.82) is 0 Å². The molecule has 1 N–H and O–H groups in total. The maximum atomic E-state index is 12.3. The minimum absolute atomic E-state index is 0.0361. The number of carbonyl (C=O) groups is 1. The molecule has 1 aromatic heterocycles. The van der Waals surface area contributed by atoms with Crippen LogP contribution in [0.4, 0.5) is 0 Å². The average molecular weight is 421 g/mol. The summed E-state index contributed by atoms with van der Waals surface area (Å²) < 4.78 is 1.91. The van der Waals surface area contributed by atoms with Gasteiger partial charge in [-0.15, -0.1) is 0 Å². The van der Waals surface area contributed by atoms with E-state index in [1.807, 2.05) is 35.1 Å². The molecule has 154 valence electrons. The lowest BCUT2D eigenvalue weighted by Gasteiger charge is -2.25. The number of rotatable bonds is 6. The van der Waals surface area contributed by atoms with Crippen LogP contribution in [0, 0.1) is 6.92 Å². The van der Waals surface area contributed by atoms with E-state index in [0.29, 0.717) is 18.1 Å². The largest absolute Gasteiger partial charge is 0.351 e. The van der Waals surface area contributed by atoms with E-state index >= 15 is 0 Å². The van der Waals surface area contributed by atoms with E-state index in [0.717, 1.165) is 36.3 Å². The topological polar surface area (TPSA) is 50.2 Å². The first-order chi connectivity index (χ1) is 14.6. The monoisotopic (exact) mass is 420 g/mol. The number of benzene rings is 2. The number of nitrogens with zero attached hydrogens (tertiary/aromatic N) is 3. The molecule has 4 rings (SSSR count). The number of nitrogens with one attached hydrogen (secondary N) is 1. The third kappa shape index (κ3) is 5.17. The molecular formula is C24H25ClN4O. The molecule has 1 aliphatic rings. The molecule has 5 nitrogen and oxygen atoms in total. The highest BCUT2D eigenvalue weighted by molar-refractivity contribution is 6.30. The second-order valence-corrected chi connectivity index (χ2v) is 8.06. The van der Waals surface area contributed by atoms with Gasteiger partial charge in [-0.25, -0.2) is 4.68 Å². The zero-order chi connectivity index (χ0) is 20.9. The van der Waals surface area contributed by atoms with Gasteiger partial charge in [0.05, 0.1) is 18.4 Å². The SMILES string of the molecule is Cc1ccc(-n2cc(C3=CCN(CC(=O)NCc4ccc(Cl)cc4)CC3)cn2)cc1. The number of hydrogen-bond acceptors (Lipinski definition) is 3. The summed E-state index contributed by atoms with van der Waals surface area (Å²) in [5.74, 6) is 0.0361. The molecule has 2 heterocycles. The smallest absolute Gasteiger partial charge is 0.234 e. The number of amides is 1. The predicted molar refractivity (Wildman–Crippen MR) is 121 cm³/mol. The normalized spacial score (nSPS) is 14.4. The van der Waals surface area contributed by atoms with Crippen molar-refractivity contribution >= 4 is 23.1 Å². The van der Waals surface area contributed by atoms with E-state index in [9.17, 15) is 4.79 Å².